The van der Waals surface area contributed by atoms with Gasteiger partial charge in [0.2, 0.25) is 5.91 Å². The van der Waals surface area contributed by atoms with E-state index in [1.54, 1.807) is 13.2 Å². The minimum absolute atomic E-state index is 0.0180. The summed E-state index contributed by atoms with van der Waals surface area (Å²) in [6.45, 7) is 4.20. The van der Waals surface area contributed by atoms with Gasteiger partial charge in [-0.2, -0.15) is 0 Å². The maximum Gasteiger partial charge on any atom is 0.228 e. The average Bonchev–Trinajstić information content (AvgIpc) is 2.50. The Hall–Kier alpha value is -1.75. The van der Waals surface area contributed by atoms with Crippen LogP contribution in [-0.4, -0.2) is 32.7 Å². The van der Waals surface area contributed by atoms with Gasteiger partial charge in [0.05, 0.1) is 25.3 Å². The van der Waals surface area contributed by atoms with Crippen molar-refractivity contribution in [2.24, 2.45) is 5.92 Å². The van der Waals surface area contributed by atoms with Gasteiger partial charge in [-0.25, -0.2) is 0 Å². The van der Waals surface area contributed by atoms with Crippen molar-refractivity contribution >= 4 is 11.6 Å². The zero-order valence-electron chi connectivity index (χ0n) is 12.1. The number of benzene rings is 1. The number of carbonyl (C=O) groups is 1. The normalized spacial score (nSPS) is 18.4. The molecular formula is C15H22N2O3. The monoisotopic (exact) mass is 278 g/mol. The second kappa shape index (κ2) is 7.14. The molecule has 1 amide bonds. The van der Waals surface area contributed by atoms with Crippen LogP contribution < -0.4 is 20.1 Å². The quantitative estimate of drug-likeness (QED) is 0.865. The number of hydrogen-bond donors (Lipinski definition) is 2. The average molecular weight is 278 g/mol. The molecule has 20 heavy (non-hydrogen) atoms. The fraction of sp³-hybridized carbons (Fsp3) is 0.533. The standard InChI is InChI=1S/C15H22N2O3/c1-3-20-14-7-6-12(19-2)9-13(14)17-15(18)11-5-4-8-16-10-11/h6-7,9,11,16H,3-5,8,10H2,1-2H3,(H,17,18). The van der Waals surface area contributed by atoms with Crippen molar-refractivity contribution in [3.63, 3.8) is 0 Å². The molecule has 2 rings (SSSR count). The molecule has 0 aromatic heterocycles. The molecule has 5 heteroatoms. The Morgan fingerprint density at radius 1 is 1.50 bits per heavy atom. The van der Waals surface area contributed by atoms with E-state index in [1.165, 1.54) is 0 Å². The van der Waals surface area contributed by atoms with Crippen LogP contribution in [-0.2, 0) is 4.79 Å². The smallest absolute Gasteiger partial charge is 0.228 e. The van der Waals surface area contributed by atoms with Crippen molar-refractivity contribution < 1.29 is 14.3 Å². The van der Waals surface area contributed by atoms with Crippen LogP contribution >= 0.6 is 0 Å². The van der Waals surface area contributed by atoms with E-state index >= 15 is 0 Å². The molecule has 1 unspecified atom stereocenters. The van der Waals surface area contributed by atoms with Gasteiger partial charge in [0.1, 0.15) is 11.5 Å². The summed E-state index contributed by atoms with van der Waals surface area (Å²) in [6.07, 6.45) is 1.96. The highest BCUT2D eigenvalue weighted by Crippen LogP contribution is 2.30. The Morgan fingerprint density at radius 2 is 2.35 bits per heavy atom. The Kier molecular flexibility index (Phi) is 5.24. The second-order valence-corrected chi connectivity index (χ2v) is 4.83. The molecular weight excluding hydrogens is 256 g/mol. The summed E-state index contributed by atoms with van der Waals surface area (Å²) in [5.41, 5.74) is 0.668. The lowest BCUT2D eigenvalue weighted by molar-refractivity contribution is -0.120. The zero-order valence-corrected chi connectivity index (χ0v) is 12.1. The van der Waals surface area contributed by atoms with Gasteiger partial charge in [0.25, 0.3) is 0 Å². The Morgan fingerprint density at radius 3 is 3.00 bits per heavy atom. The lowest BCUT2D eigenvalue weighted by Gasteiger charge is -2.22. The third kappa shape index (κ3) is 3.63. The number of rotatable bonds is 5. The fourth-order valence-electron chi connectivity index (χ4n) is 2.33. The van der Waals surface area contributed by atoms with Crippen molar-refractivity contribution in [3.8, 4) is 11.5 Å². The van der Waals surface area contributed by atoms with Crippen LogP contribution in [0.2, 0.25) is 0 Å². The van der Waals surface area contributed by atoms with Crippen molar-refractivity contribution in [2.45, 2.75) is 19.8 Å². The maximum atomic E-state index is 12.3. The first kappa shape index (κ1) is 14.7. The van der Waals surface area contributed by atoms with Crippen molar-refractivity contribution in [3.05, 3.63) is 18.2 Å². The molecule has 0 saturated carbocycles. The summed E-state index contributed by atoms with van der Waals surface area (Å²) < 4.78 is 10.7. The van der Waals surface area contributed by atoms with E-state index in [4.69, 9.17) is 9.47 Å². The van der Waals surface area contributed by atoms with Crippen LogP contribution in [0.15, 0.2) is 18.2 Å². The summed E-state index contributed by atoms with van der Waals surface area (Å²) in [5, 5.41) is 6.20. The molecule has 1 atom stereocenters. The van der Waals surface area contributed by atoms with E-state index in [-0.39, 0.29) is 11.8 Å². The number of piperidine rings is 1. The molecule has 1 aliphatic heterocycles. The molecule has 0 aliphatic carbocycles. The van der Waals surface area contributed by atoms with Gasteiger partial charge in [-0.05, 0) is 38.4 Å². The first-order valence-corrected chi connectivity index (χ1v) is 7.07. The number of ether oxygens (including phenoxy) is 2. The molecule has 0 spiro atoms. The van der Waals surface area contributed by atoms with Gasteiger partial charge < -0.3 is 20.1 Å². The van der Waals surface area contributed by atoms with E-state index in [1.807, 2.05) is 19.1 Å². The molecule has 1 heterocycles. The molecule has 1 aliphatic rings. The number of amides is 1. The molecule has 2 N–H and O–H groups in total. The Labute approximate surface area is 119 Å². The van der Waals surface area contributed by atoms with Crippen molar-refractivity contribution in [1.82, 2.24) is 5.32 Å². The summed E-state index contributed by atoms with van der Waals surface area (Å²) in [5.74, 6) is 1.42. The largest absolute Gasteiger partial charge is 0.497 e. The molecule has 5 nitrogen and oxygen atoms in total. The third-order valence-corrected chi connectivity index (χ3v) is 3.41. The highest BCUT2D eigenvalue weighted by molar-refractivity contribution is 5.94. The molecule has 0 bridgehead atoms. The van der Waals surface area contributed by atoms with E-state index in [0.29, 0.717) is 23.8 Å². The molecule has 0 radical (unpaired) electrons. The third-order valence-electron chi connectivity index (χ3n) is 3.41. The molecule has 1 aromatic rings. The zero-order chi connectivity index (χ0) is 14.4. The number of nitrogens with one attached hydrogen (secondary N) is 2. The minimum atomic E-state index is 0.0180. The highest BCUT2D eigenvalue weighted by Gasteiger charge is 2.22. The number of carbonyl (C=O) groups excluding carboxylic acids is 1. The minimum Gasteiger partial charge on any atom is -0.497 e. The number of hydrogen-bond acceptors (Lipinski definition) is 4. The van der Waals surface area contributed by atoms with Crippen molar-refractivity contribution in [2.75, 3.05) is 32.1 Å². The van der Waals surface area contributed by atoms with Gasteiger partial charge in [0.15, 0.2) is 0 Å². The van der Waals surface area contributed by atoms with Gasteiger partial charge in [0, 0.05) is 12.6 Å². The van der Waals surface area contributed by atoms with Gasteiger partial charge in [-0.15, -0.1) is 0 Å². The second-order valence-electron chi connectivity index (χ2n) is 4.83. The van der Waals surface area contributed by atoms with Crippen LogP contribution in [0.25, 0.3) is 0 Å². The lowest BCUT2D eigenvalue weighted by atomic mass is 9.99. The first-order valence-electron chi connectivity index (χ1n) is 7.07. The SMILES string of the molecule is CCOc1ccc(OC)cc1NC(=O)C1CCCNC1. The number of methoxy groups -OCH3 is 1. The summed E-state index contributed by atoms with van der Waals surface area (Å²) in [4.78, 5) is 12.3. The summed E-state index contributed by atoms with van der Waals surface area (Å²) in [6, 6.07) is 5.43. The molecule has 110 valence electrons. The van der Waals surface area contributed by atoms with E-state index in [2.05, 4.69) is 10.6 Å². The predicted molar refractivity (Wildman–Crippen MR) is 78.4 cm³/mol. The van der Waals surface area contributed by atoms with E-state index in [9.17, 15) is 4.79 Å². The van der Waals surface area contributed by atoms with Gasteiger partial charge in [-0.3, -0.25) is 4.79 Å². The topological polar surface area (TPSA) is 59.6 Å². The van der Waals surface area contributed by atoms with Crippen molar-refractivity contribution in [1.29, 1.82) is 0 Å². The van der Waals surface area contributed by atoms with Crippen LogP contribution in [0.3, 0.4) is 0 Å². The predicted octanol–water partition coefficient (Wildman–Crippen LogP) is 2.03. The Bertz CT molecular complexity index is 456. The maximum absolute atomic E-state index is 12.3. The highest BCUT2D eigenvalue weighted by atomic mass is 16.5. The molecule has 1 aromatic carbocycles. The first-order chi connectivity index (χ1) is 9.74. The number of anilines is 1. The van der Waals surface area contributed by atoms with Crippen LogP contribution in [0.5, 0.6) is 11.5 Å². The van der Waals surface area contributed by atoms with Crippen LogP contribution in [0.1, 0.15) is 19.8 Å². The fourth-order valence-corrected chi connectivity index (χ4v) is 2.33. The van der Waals surface area contributed by atoms with E-state index in [0.717, 1.165) is 25.9 Å². The molecule has 1 saturated heterocycles. The van der Waals surface area contributed by atoms with E-state index < -0.39 is 0 Å². The summed E-state index contributed by atoms with van der Waals surface area (Å²) in [7, 11) is 1.60. The summed E-state index contributed by atoms with van der Waals surface area (Å²) >= 11 is 0. The van der Waals surface area contributed by atoms with Crippen LogP contribution in [0.4, 0.5) is 5.69 Å². The van der Waals surface area contributed by atoms with Crippen LogP contribution in [0, 0.1) is 5.92 Å². The van der Waals surface area contributed by atoms with Gasteiger partial charge >= 0.3 is 0 Å². The Balaban J connectivity index is 2.11. The molecule has 1 fully saturated rings. The van der Waals surface area contributed by atoms with Gasteiger partial charge in [-0.1, -0.05) is 0 Å². The lowest BCUT2D eigenvalue weighted by Crippen LogP contribution is -2.37.